The molecule has 1 fully saturated rings. The standard InChI is InChI=1S/C17H30N6O.HI/c1-3-24-14-8-11-22(12-9-14)17(18-2)19-13-16-21-20-15-7-5-4-6-10-23(15)16;/h14H,3-13H2,1-2H3,(H,18,19);1H. The van der Waals surface area contributed by atoms with Crippen molar-refractivity contribution < 1.29 is 4.74 Å². The van der Waals surface area contributed by atoms with Gasteiger partial charge in [-0.1, -0.05) is 6.42 Å². The Morgan fingerprint density at radius 1 is 1.20 bits per heavy atom. The molecule has 1 N–H and O–H groups in total. The van der Waals surface area contributed by atoms with Crippen molar-refractivity contribution in [3.63, 3.8) is 0 Å². The summed E-state index contributed by atoms with van der Waals surface area (Å²) in [7, 11) is 1.85. The number of likely N-dealkylation sites (tertiary alicyclic amines) is 1. The van der Waals surface area contributed by atoms with Gasteiger partial charge in [0.2, 0.25) is 0 Å². The summed E-state index contributed by atoms with van der Waals surface area (Å²) in [4.78, 5) is 6.76. The second-order valence-corrected chi connectivity index (χ2v) is 6.54. The Morgan fingerprint density at radius 3 is 2.72 bits per heavy atom. The lowest BCUT2D eigenvalue weighted by molar-refractivity contribution is 0.0263. The maximum absolute atomic E-state index is 5.73. The average molecular weight is 462 g/mol. The summed E-state index contributed by atoms with van der Waals surface area (Å²) in [5.41, 5.74) is 0. The molecule has 1 aromatic heterocycles. The van der Waals surface area contributed by atoms with Crippen LogP contribution in [0.3, 0.4) is 0 Å². The summed E-state index contributed by atoms with van der Waals surface area (Å²) in [5, 5.41) is 12.2. The first-order valence-corrected chi connectivity index (χ1v) is 9.30. The minimum Gasteiger partial charge on any atom is -0.378 e. The maximum Gasteiger partial charge on any atom is 0.194 e. The number of aromatic nitrogens is 3. The highest BCUT2D eigenvalue weighted by Gasteiger charge is 2.22. The second-order valence-electron chi connectivity index (χ2n) is 6.54. The normalized spacial score (nSPS) is 19.1. The van der Waals surface area contributed by atoms with Crippen molar-refractivity contribution in [2.45, 2.75) is 64.6 Å². The number of hydrogen-bond donors (Lipinski definition) is 1. The van der Waals surface area contributed by atoms with Crippen molar-refractivity contribution in [2.75, 3.05) is 26.7 Å². The lowest BCUT2D eigenvalue weighted by Crippen LogP contribution is -2.47. The van der Waals surface area contributed by atoms with E-state index in [9.17, 15) is 0 Å². The van der Waals surface area contributed by atoms with Crippen LogP contribution in [0.1, 0.15) is 50.7 Å². The van der Waals surface area contributed by atoms with E-state index in [1.807, 2.05) is 7.05 Å². The predicted molar refractivity (Wildman–Crippen MR) is 109 cm³/mol. The quantitative estimate of drug-likeness (QED) is 0.422. The third-order valence-electron chi connectivity index (χ3n) is 4.95. The largest absolute Gasteiger partial charge is 0.378 e. The van der Waals surface area contributed by atoms with Crippen LogP contribution in [0.5, 0.6) is 0 Å². The second kappa shape index (κ2) is 10.3. The number of aliphatic imine (C=N–C) groups is 1. The number of rotatable bonds is 4. The first-order chi connectivity index (χ1) is 11.8. The molecule has 2 aliphatic heterocycles. The van der Waals surface area contributed by atoms with Crippen LogP contribution in [0.25, 0.3) is 0 Å². The highest BCUT2D eigenvalue weighted by Crippen LogP contribution is 2.15. The number of piperidine rings is 1. The molecule has 0 unspecified atom stereocenters. The Labute approximate surface area is 167 Å². The van der Waals surface area contributed by atoms with Crippen molar-refractivity contribution in [1.82, 2.24) is 25.0 Å². The Balaban J connectivity index is 0.00000225. The minimum absolute atomic E-state index is 0. The van der Waals surface area contributed by atoms with Crippen LogP contribution < -0.4 is 5.32 Å². The molecule has 0 aliphatic carbocycles. The van der Waals surface area contributed by atoms with E-state index in [2.05, 4.69) is 36.9 Å². The molecule has 3 heterocycles. The van der Waals surface area contributed by atoms with Crippen LogP contribution in [-0.2, 0) is 24.2 Å². The Morgan fingerprint density at radius 2 is 2.00 bits per heavy atom. The van der Waals surface area contributed by atoms with Gasteiger partial charge >= 0.3 is 0 Å². The molecule has 25 heavy (non-hydrogen) atoms. The molecule has 0 atom stereocenters. The van der Waals surface area contributed by atoms with E-state index in [1.54, 1.807) is 0 Å². The molecule has 3 rings (SSSR count). The molecule has 0 saturated carbocycles. The molecule has 8 heteroatoms. The number of nitrogens with zero attached hydrogens (tertiary/aromatic N) is 5. The topological polar surface area (TPSA) is 67.6 Å². The van der Waals surface area contributed by atoms with E-state index < -0.39 is 0 Å². The van der Waals surface area contributed by atoms with Gasteiger partial charge in [0.15, 0.2) is 11.8 Å². The van der Waals surface area contributed by atoms with E-state index in [0.717, 1.165) is 63.1 Å². The number of ether oxygens (including phenoxy) is 1. The van der Waals surface area contributed by atoms with E-state index >= 15 is 0 Å². The smallest absolute Gasteiger partial charge is 0.194 e. The summed E-state index contributed by atoms with van der Waals surface area (Å²) >= 11 is 0. The zero-order valence-electron chi connectivity index (χ0n) is 15.4. The van der Waals surface area contributed by atoms with Crippen LogP contribution in [-0.4, -0.2) is 58.5 Å². The molecule has 1 saturated heterocycles. The van der Waals surface area contributed by atoms with Gasteiger partial charge in [-0.15, -0.1) is 34.2 Å². The molecule has 7 nitrogen and oxygen atoms in total. The molecule has 2 aliphatic rings. The van der Waals surface area contributed by atoms with E-state index in [4.69, 9.17) is 4.74 Å². The summed E-state index contributed by atoms with van der Waals surface area (Å²) in [6, 6.07) is 0. The van der Waals surface area contributed by atoms with Gasteiger partial charge in [0.25, 0.3) is 0 Å². The number of fused-ring (bicyclic) bond motifs is 1. The zero-order valence-corrected chi connectivity index (χ0v) is 17.7. The van der Waals surface area contributed by atoms with Crippen molar-refractivity contribution in [3.8, 4) is 0 Å². The van der Waals surface area contributed by atoms with Crippen LogP contribution in [0, 0.1) is 0 Å². The molecule has 0 aromatic carbocycles. The van der Waals surface area contributed by atoms with Crippen molar-refractivity contribution in [3.05, 3.63) is 11.6 Å². The number of aryl methyl sites for hydroxylation is 1. The van der Waals surface area contributed by atoms with Gasteiger partial charge < -0.3 is 19.5 Å². The van der Waals surface area contributed by atoms with Crippen molar-refractivity contribution in [2.24, 2.45) is 4.99 Å². The van der Waals surface area contributed by atoms with Crippen LogP contribution >= 0.6 is 24.0 Å². The number of nitrogens with one attached hydrogen (secondary N) is 1. The van der Waals surface area contributed by atoms with Crippen LogP contribution in [0.2, 0.25) is 0 Å². The Bertz CT molecular complexity index is 553. The number of guanidine groups is 1. The highest BCUT2D eigenvalue weighted by atomic mass is 127. The lowest BCUT2D eigenvalue weighted by atomic mass is 10.1. The molecule has 1 aromatic rings. The number of halogens is 1. The van der Waals surface area contributed by atoms with Crippen LogP contribution in [0.15, 0.2) is 4.99 Å². The molecular formula is C17H31IN6O. The number of hydrogen-bond acceptors (Lipinski definition) is 4. The average Bonchev–Trinajstić information content (AvgIpc) is 2.84. The van der Waals surface area contributed by atoms with Gasteiger partial charge in [0.05, 0.1) is 12.6 Å². The Kier molecular flexibility index (Phi) is 8.41. The minimum atomic E-state index is 0. The third kappa shape index (κ3) is 5.29. The van der Waals surface area contributed by atoms with Crippen LogP contribution in [0.4, 0.5) is 0 Å². The molecule has 0 spiro atoms. The van der Waals surface area contributed by atoms with Gasteiger partial charge in [-0.05, 0) is 32.6 Å². The summed E-state index contributed by atoms with van der Waals surface area (Å²) < 4.78 is 8.02. The molecule has 142 valence electrons. The molecule has 0 bridgehead atoms. The molecular weight excluding hydrogens is 431 g/mol. The Hall–Kier alpha value is -0.900. The van der Waals surface area contributed by atoms with Crippen molar-refractivity contribution in [1.29, 1.82) is 0 Å². The highest BCUT2D eigenvalue weighted by molar-refractivity contribution is 14.0. The zero-order chi connectivity index (χ0) is 16.8. The van der Waals surface area contributed by atoms with Gasteiger partial charge in [-0.2, -0.15) is 0 Å². The van der Waals surface area contributed by atoms with Gasteiger partial charge in [-0.3, -0.25) is 4.99 Å². The van der Waals surface area contributed by atoms with Gasteiger partial charge in [0, 0.05) is 39.7 Å². The summed E-state index contributed by atoms with van der Waals surface area (Å²) in [5.74, 6) is 3.12. The maximum atomic E-state index is 5.73. The van der Waals surface area contributed by atoms with Gasteiger partial charge in [-0.25, -0.2) is 0 Å². The first kappa shape index (κ1) is 20.4. The molecule has 0 radical (unpaired) electrons. The van der Waals surface area contributed by atoms with Crippen molar-refractivity contribution >= 4 is 29.9 Å². The predicted octanol–water partition coefficient (Wildman–Crippen LogP) is 2.20. The third-order valence-corrected chi connectivity index (χ3v) is 4.95. The summed E-state index contributed by atoms with van der Waals surface area (Å²) in [6.45, 7) is 6.57. The fourth-order valence-electron chi connectivity index (χ4n) is 3.64. The first-order valence-electron chi connectivity index (χ1n) is 9.30. The molecule has 0 amide bonds. The van der Waals surface area contributed by atoms with E-state index in [-0.39, 0.29) is 24.0 Å². The van der Waals surface area contributed by atoms with Gasteiger partial charge in [0.1, 0.15) is 5.82 Å². The lowest BCUT2D eigenvalue weighted by Gasteiger charge is -2.34. The fourth-order valence-corrected chi connectivity index (χ4v) is 3.64. The SMILES string of the molecule is CCOC1CCN(C(=NC)NCc2nnc3n2CCCCC3)CC1.I. The van der Waals surface area contributed by atoms with E-state index in [0.29, 0.717) is 12.6 Å². The summed E-state index contributed by atoms with van der Waals surface area (Å²) in [6.07, 6.45) is 7.31. The van der Waals surface area contributed by atoms with E-state index in [1.165, 1.54) is 19.3 Å². The monoisotopic (exact) mass is 462 g/mol. The fraction of sp³-hybridized carbons (Fsp3) is 0.824.